The molecule has 4 aliphatic carbocycles. The van der Waals surface area contributed by atoms with Gasteiger partial charge in [-0.3, -0.25) is 4.98 Å². The average molecular weight is 321 g/mol. The third-order valence-corrected chi connectivity index (χ3v) is 6.71. The van der Waals surface area contributed by atoms with Crippen molar-refractivity contribution >= 4 is 16.9 Å². The molecule has 0 amide bonds. The second-order valence-electron chi connectivity index (χ2n) is 8.06. The van der Waals surface area contributed by atoms with Crippen molar-refractivity contribution in [2.75, 3.05) is 7.11 Å². The van der Waals surface area contributed by atoms with Gasteiger partial charge in [-0.2, -0.15) is 0 Å². The fourth-order valence-corrected chi connectivity index (χ4v) is 6.05. The van der Waals surface area contributed by atoms with Crippen molar-refractivity contribution < 1.29 is 9.53 Å². The summed E-state index contributed by atoms with van der Waals surface area (Å²) in [6.45, 7) is 0. The van der Waals surface area contributed by atoms with E-state index in [0.717, 1.165) is 40.3 Å². The minimum Gasteiger partial charge on any atom is -0.465 e. The highest BCUT2D eigenvalue weighted by Gasteiger charge is 2.49. The molecule has 4 bridgehead atoms. The van der Waals surface area contributed by atoms with Crippen LogP contribution in [0.1, 0.15) is 54.1 Å². The molecule has 3 heteroatoms. The predicted octanol–water partition coefficient (Wildman–Crippen LogP) is 4.56. The maximum atomic E-state index is 12.3. The number of hydrogen-bond donors (Lipinski definition) is 0. The Bertz CT molecular complexity index is 785. The van der Waals surface area contributed by atoms with Gasteiger partial charge in [0.1, 0.15) is 0 Å². The van der Waals surface area contributed by atoms with Crippen molar-refractivity contribution in [3.63, 3.8) is 0 Å². The van der Waals surface area contributed by atoms with Gasteiger partial charge in [0.2, 0.25) is 0 Å². The van der Waals surface area contributed by atoms with Crippen molar-refractivity contribution in [2.24, 2.45) is 23.7 Å². The number of methoxy groups -OCH3 is 1. The Balaban J connectivity index is 1.63. The molecule has 0 aliphatic heterocycles. The summed E-state index contributed by atoms with van der Waals surface area (Å²) in [4.78, 5) is 17.3. The summed E-state index contributed by atoms with van der Waals surface area (Å²) in [6, 6.07) is 9.97. The second kappa shape index (κ2) is 5.30. The molecule has 0 unspecified atom stereocenters. The van der Waals surface area contributed by atoms with Gasteiger partial charge in [0, 0.05) is 17.0 Å². The van der Waals surface area contributed by atoms with E-state index in [1.165, 1.54) is 39.2 Å². The Morgan fingerprint density at radius 3 is 2.38 bits per heavy atom. The van der Waals surface area contributed by atoms with Gasteiger partial charge < -0.3 is 4.74 Å². The van der Waals surface area contributed by atoms with Crippen molar-refractivity contribution in [1.29, 1.82) is 0 Å². The first-order valence-electron chi connectivity index (χ1n) is 9.21. The summed E-state index contributed by atoms with van der Waals surface area (Å²) < 4.78 is 5.04. The van der Waals surface area contributed by atoms with E-state index in [-0.39, 0.29) is 5.97 Å². The van der Waals surface area contributed by atoms with E-state index in [0.29, 0.717) is 11.5 Å². The minimum absolute atomic E-state index is 0.251. The van der Waals surface area contributed by atoms with Gasteiger partial charge in [0.05, 0.1) is 18.2 Å². The lowest BCUT2D eigenvalue weighted by molar-refractivity contribution is -0.00410. The molecule has 0 saturated heterocycles. The molecular weight excluding hydrogens is 298 g/mol. The highest BCUT2D eigenvalue weighted by atomic mass is 16.5. The van der Waals surface area contributed by atoms with E-state index in [4.69, 9.17) is 9.72 Å². The fraction of sp³-hybridized carbons (Fsp3) is 0.524. The molecule has 4 aliphatic rings. The fourth-order valence-electron chi connectivity index (χ4n) is 6.05. The number of carbonyl (C=O) groups is 1. The molecule has 3 nitrogen and oxygen atoms in total. The summed E-state index contributed by atoms with van der Waals surface area (Å²) >= 11 is 0. The lowest BCUT2D eigenvalue weighted by Crippen LogP contribution is -2.44. The van der Waals surface area contributed by atoms with Crippen LogP contribution in [-0.2, 0) is 4.74 Å². The molecule has 1 aromatic heterocycles. The molecule has 0 atom stereocenters. The molecule has 4 saturated carbocycles. The first-order valence-corrected chi connectivity index (χ1v) is 9.21. The zero-order chi connectivity index (χ0) is 16.3. The van der Waals surface area contributed by atoms with Crippen LogP contribution in [0.3, 0.4) is 0 Å². The van der Waals surface area contributed by atoms with Gasteiger partial charge >= 0.3 is 5.97 Å². The van der Waals surface area contributed by atoms with E-state index in [2.05, 4.69) is 0 Å². The van der Waals surface area contributed by atoms with Gasteiger partial charge in [-0.15, -0.1) is 0 Å². The van der Waals surface area contributed by atoms with E-state index in [1.54, 1.807) is 0 Å². The lowest BCUT2D eigenvalue weighted by atomic mass is 9.51. The number of aromatic nitrogens is 1. The molecule has 2 aromatic rings. The van der Waals surface area contributed by atoms with Gasteiger partial charge in [-0.05, 0) is 67.9 Å². The van der Waals surface area contributed by atoms with Gasteiger partial charge in [0.25, 0.3) is 0 Å². The number of benzene rings is 1. The molecule has 4 fully saturated rings. The maximum Gasteiger partial charge on any atom is 0.338 e. The minimum atomic E-state index is -0.251. The number of rotatable bonds is 2. The van der Waals surface area contributed by atoms with E-state index >= 15 is 0 Å². The molecule has 0 spiro atoms. The Hall–Kier alpha value is -1.90. The van der Waals surface area contributed by atoms with Crippen molar-refractivity contribution in [3.8, 4) is 0 Å². The lowest BCUT2D eigenvalue weighted by Gasteiger charge is -2.54. The van der Waals surface area contributed by atoms with Crippen LogP contribution in [0.5, 0.6) is 0 Å². The Labute approximate surface area is 142 Å². The van der Waals surface area contributed by atoms with Gasteiger partial charge in [0.15, 0.2) is 0 Å². The highest BCUT2D eigenvalue weighted by Crippen LogP contribution is 2.59. The number of pyridine rings is 1. The first-order chi connectivity index (χ1) is 11.7. The van der Waals surface area contributed by atoms with Crippen molar-refractivity contribution in [2.45, 2.75) is 38.0 Å². The van der Waals surface area contributed by atoms with Crippen LogP contribution < -0.4 is 0 Å². The van der Waals surface area contributed by atoms with Crippen LogP contribution in [0.2, 0.25) is 0 Å². The highest BCUT2D eigenvalue weighted by molar-refractivity contribution is 6.03. The van der Waals surface area contributed by atoms with E-state index in [9.17, 15) is 4.79 Å². The Kier molecular flexibility index (Phi) is 3.19. The van der Waals surface area contributed by atoms with Crippen molar-refractivity contribution in [3.05, 3.63) is 41.6 Å². The van der Waals surface area contributed by atoms with Crippen LogP contribution >= 0.6 is 0 Å². The smallest absolute Gasteiger partial charge is 0.338 e. The average Bonchev–Trinajstić information content (AvgIpc) is 2.59. The SMILES string of the molecule is COC(=O)c1cc(C2C3CC4CC(C3)CC2C4)nc2ccccc12. The Morgan fingerprint density at radius 1 is 1.04 bits per heavy atom. The van der Waals surface area contributed by atoms with Gasteiger partial charge in [-0.1, -0.05) is 18.2 Å². The second-order valence-corrected chi connectivity index (χ2v) is 8.06. The number of para-hydroxylation sites is 1. The zero-order valence-corrected chi connectivity index (χ0v) is 14.1. The monoisotopic (exact) mass is 321 g/mol. The molecule has 124 valence electrons. The zero-order valence-electron chi connectivity index (χ0n) is 14.1. The van der Waals surface area contributed by atoms with Crippen LogP contribution in [0.25, 0.3) is 10.9 Å². The van der Waals surface area contributed by atoms with Crippen LogP contribution in [0, 0.1) is 23.7 Å². The molecule has 6 rings (SSSR count). The number of nitrogens with zero attached hydrogens (tertiary/aromatic N) is 1. The molecule has 0 radical (unpaired) electrons. The number of hydrogen-bond acceptors (Lipinski definition) is 3. The summed E-state index contributed by atoms with van der Waals surface area (Å²) in [5.41, 5.74) is 2.72. The standard InChI is InChI=1S/C21H23NO2/c1-24-21(23)17-11-19(22-18-5-3-2-4-16(17)18)20-14-7-12-6-13(9-14)10-15(20)8-12/h2-5,11-15,20H,6-10H2,1H3. The Morgan fingerprint density at radius 2 is 1.71 bits per heavy atom. The molecule has 24 heavy (non-hydrogen) atoms. The topological polar surface area (TPSA) is 39.2 Å². The van der Waals surface area contributed by atoms with E-state index in [1.807, 2.05) is 30.3 Å². The maximum absolute atomic E-state index is 12.3. The molecule has 0 N–H and O–H groups in total. The number of carbonyl (C=O) groups excluding carboxylic acids is 1. The third kappa shape index (κ3) is 2.10. The summed E-state index contributed by atoms with van der Waals surface area (Å²) in [5.74, 6) is 3.71. The summed E-state index contributed by atoms with van der Waals surface area (Å²) in [6.07, 6.45) is 6.90. The predicted molar refractivity (Wildman–Crippen MR) is 92.9 cm³/mol. The van der Waals surface area contributed by atoms with E-state index < -0.39 is 0 Å². The first kappa shape index (κ1) is 14.4. The summed E-state index contributed by atoms with van der Waals surface area (Å²) in [5, 5.41) is 0.900. The summed E-state index contributed by atoms with van der Waals surface area (Å²) in [7, 11) is 1.46. The molecule has 1 aromatic carbocycles. The van der Waals surface area contributed by atoms with Crippen LogP contribution in [0.15, 0.2) is 30.3 Å². The normalized spacial score (nSPS) is 33.8. The van der Waals surface area contributed by atoms with Crippen LogP contribution in [-0.4, -0.2) is 18.1 Å². The third-order valence-electron chi connectivity index (χ3n) is 6.71. The molecular formula is C21H23NO2. The van der Waals surface area contributed by atoms with Crippen molar-refractivity contribution in [1.82, 2.24) is 4.98 Å². The largest absolute Gasteiger partial charge is 0.465 e. The molecule has 1 heterocycles. The van der Waals surface area contributed by atoms with Gasteiger partial charge in [-0.25, -0.2) is 4.79 Å². The number of ether oxygens (including phenoxy) is 1. The number of fused-ring (bicyclic) bond motifs is 1. The quantitative estimate of drug-likeness (QED) is 0.761. The van der Waals surface area contributed by atoms with Crippen LogP contribution in [0.4, 0.5) is 0 Å². The number of esters is 1.